The zero-order chi connectivity index (χ0) is 93.3. The van der Waals surface area contributed by atoms with Crippen LogP contribution in [0.15, 0.2) is 192 Å². The lowest BCUT2D eigenvalue weighted by Gasteiger charge is -2.11. The average molecular weight is 1680 g/mol. The lowest BCUT2D eigenvalue weighted by Crippen LogP contribution is -2.40. The highest BCUT2D eigenvalue weighted by Gasteiger charge is 2.26. The van der Waals surface area contributed by atoms with Gasteiger partial charge in [-0.2, -0.15) is 0 Å². The van der Waals surface area contributed by atoms with Gasteiger partial charge in [-0.05, 0) is 207 Å². The van der Waals surface area contributed by atoms with Gasteiger partial charge in [-0.25, -0.2) is 4.98 Å². The van der Waals surface area contributed by atoms with Crippen LogP contribution in [0.2, 0.25) is 5.15 Å². The number of benzene rings is 6. The predicted octanol–water partition coefficient (Wildman–Crippen LogP) is 4.00. The van der Waals surface area contributed by atoms with Crippen molar-refractivity contribution in [3.63, 3.8) is 0 Å². The van der Waals surface area contributed by atoms with E-state index in [2.05, 4.69) is 162 Å². The molecule has 15 rings (SSSR count). The van der Waals surface area contributed by atoms with Crippen LogP contribution >= 0.6 is 11.6 Å². The predicted molar refractivity (Wildman–Crippen MR) is 554 cm³/mol. The highest BCUT2D eigenvalue weighted by Crippen LogP contribution is 2.37. The number of carboxylic acid groups (broad SMARTS) is 1. The summed E-state index contributed by atoms with van der Waals surface area (Å²) >= 11 is 5.92. The molecule has 0 amide bonds. The number of hydrogen-bond donors (Lipinski definition) is 10. The van der Waals surface area contributed by atoms with Gasteiger partial charge in [-0.15, -0.1) is 0 Å². The second-order valence-electron chi connectivity index (χ2n) is 27.6. The third kappa shape index (κ3) is 34.4. The largest absolute Gasteiger partial charge is 0.480 e. The van der Waals surface area contributed by atoms with E-state index in [1.165, 1.54) is 57.7 Å². The molecule has 0 fully saturated rings. The van der Waals surface area contributed by atoms with Crippen molar-refractivity contribution >= 4 is 308 Å². The first-order valence-corrected chi connectivity index (χ1v) is 39.5. The number of nitro groups is 1. The Morgan fingerprint density at radius 1 is 0.528 bits per heavy atom. The molecule has 0 spiro atoms. The van der Waals surface area contributed by atoms with Crippen LogP contribution < -0.4 is 59.1 Å². The van der Waals surface area contributed by atoms with Gasteiger partial charge >= 0.3 is 5.97 Å². The average Bonchev–Trinajstić information content (AvgIpc) is 1.71. The normalized spacial score (nSPS) is 12.1. The Balaban J connectivity index is 0.000000488. The van der Waals surface area contributed by atoms with Crippen molar-refractivity contribution in [1.29, 1.82) is 0 Å². The molecule has 6 aromatic carbocycles. The Labute approximate surface area is 775 Å². The molecular formula is C80H93B21ClN19O6+. The van der Waals surface area contributed by atoms with E-state index in [0.717, 1.165) is 92.7 Å². The molecule has 3 aliphatic heterocycles. The molecule has 0 aliphatic carbocycles. The Morgan fingerprint density at radius 3 is 1.28 bits per heavy atom. The second kappa shape index (κ2) is 58.3. The molecule has 3 aliphatic rings. The number of halogens is 1. The third-order valence-corrected chi connectivity index (χ3v) is 19.4. The van der Waals surface area contributed by atoms with E-state index in [1.54, 1.807) is 75.7 Å². The minimum absolute atomic E-state index is 0. The van der Waals surface area contributed by atoms with Crippen molar-refractivity contribution in [2.24, 2.45) is 15.0 Å². The summed E-state index contributed by atoms with van der Waals surface area (Å²) in [4.78, 5) is 72.5. The molecule has 127 heavy (non-hydrogen) atoms. The first kappa shape index (κ1) is 113. The number of nitrogens with zero attached hydrogens (tertiary/aromatic N) is 10. The number of aliphatic imine (C=N–C) groups is 3. The summed E-state index contributed by atoms with van der Waals surface area (Å²) in [6, 6.07) is 46.0. The summed E-state index contributed by atoms with van der Waals surface area (Å²) in [5.74, 6) is -0.685. The molecular weight excluding hydrogens is 1590 g/mol. The summed E-state index contributed by atoms with van der Waals surface area (Å²) in [5.41, 5.74) is 42.1. The fraction of sp³-hybridized carbons (Fsp3) is 0.263. The van der Waals surface area contributed by atoms with Crippen molar-refractivity contribution < 1.29 is 29.2 Å². The Bertz CT molecular complexity index is 5590. The Morgan fingerprint density at radius 2 is 0.890 bits per heavy atom. The number of pyridine rings is 6. The number of aromatic nitrogens is 6. The zero-order valence-electron chi connectivity index (χ0n) is 72.7. The van der Waals surface area contributed by atoms with E-state index in [-0.39, 0.29) is 39.0 Å². The number of carboxylic acids is 1. The van der Waals surface area contributed by atoms with Gasteiger partial charge < -0.3 is 54.6 Å². The third-order valence-electron chi connectivity index (χ3n) is 19.2. The highest BCUT2D eigenvalue weighted by atomic mass is 35.5. The van der Waals surface area contributed by atoms with Crippen molar-refractivity contribution in [2.45, 2.75) is 97.9 Å². The minimum Gasteiger partial charge on any atom is -0.480 e. The number of nitrogens with one attached hydrogen (secondary N) is 5. The quantitative estimate of drug-likeness (QED) is 0.0163. The molecule has 47 heteroatoms. The van der Waals surface area contributed by atoms with Crippen LogP contribution in [0.3, 0.4) is 0 Å². The fourth-order valence-corrected chi connectivity index (χ4v) is 11.8. The topological polar surface area (TPSA) is 376 Å². The molecule has 12 aromatic rings. The molecule has 14 N–H and O–H groups in total. The second-order valence-corrected chi connectivity index (χ2v) is 28.0. The van der Waals surface area contributed by atoms with Crippen molar-refractivity contribution in [3.8, 4) is 0 Å². The van der Waals surface area contributed by atoms with Gasteiger partial charge in [0.25, 0.3) is 11.2 Å². The molecule has 9 heterocycles. The number of carbonyl (C=O) groups excluding carboxylic acids is 1. The van der Waals surface area contributed by atoms with Gasteiger partial charge in [0, 0.05) is 298 Å². The number of aliphatic carboxylic acids is 1. The maximum absolute atomic E-state index is 11.9. The number of rotatable bonds is 16. The monoisotopic (exact) mass is 1680 g/mol. The van der Waals surface area contributed by atoms with Gasteiger partial charge in [0.05, 0.1) is 72.4 Å². The number of nitrogens with two attached hydrogens (primary N) is 4. The Kier molecular flexibility index (Phi) is 51.8. The van der Waals surface area contributed by atoms with E-state index >= 15 is 0 Å². The summed E-state index contributed by atoms with van der Waals surface area (Å²) in [7, 11) is 78.6. The zero-order valence-corrected chi connectivity index (χ0v) is 73.5. The van der Waals surface area contributed by atoms with E-state index in [4.69, 9.17) is 109 Å². The van der Waals surface area contributed by atoms with Crippen LogP contribution in [0.25, 0.3) is 65.4 Å². The maximum atomic E-state index is 11.9. The van der Waals surface area contributed by atoms with Crippen LogP contribution in [0.5, 0.6) is 0 Å². The SMILES string of the molecule is C.CNC(C)C(=O)O.CN[C@H](C)C(=O)Cc1ccc2ncccc2c1N.CN[C@H](C)C1=Nc2ccc3c(ccc[n+]3OC)c2C1.CN[C@H](C)C1=Nc2ccc3nc(Cl)ccc3c2C1.CN[C@H](C)C1=Nc2ccc3ncccc3c2C1.Nc1c([N+](=O)[O-])ccc2ncccc12.Nc1ccc2ncccc2c1N.[B].[B]B([B])B([B])[B].[B]B([B])[B].[B][B].[B][B]B([B])[B].[B][B][B]. The number of likely N-dealkylation sites (N-methyl/N-ethyl adjacent to an activating group) is 2. The number of Topliss-reactive ketones (excluding diaryl/α,β-unsaturated/α-hetero) is 1. The van der Waals surface area contributed by atoms with E-state index in [1.807, 2.05) is 125 Å². The van der Waals surface area contributed by atoms with Gasteiger partial charge in [0.2, 0.25) is 6.20 Å². The van der Waals surface area contributed by atoms with Crippen LogP contribution in [-0.4, -0.2) is 293 Å². The number of fused-ring (bicyclic) bond motifs is 12. The number of anilines is 4. The minimum atomic E-state index is -0.817. The van der Waals surface area contributed by atoms with E-state index < -0.39 is 42.5 Å². The Hall–Kier alpha value is -10.2. The number of hydrogen-bond acceptors (Lipinski definition) is 22. The lowest BCUT2D eigenvalue weighted by atomic mass is 8.81. The fourth-order valence-electron chi connectivity index (χ4n) is 11.7. The van der Waals surface area contributed by atoms with E-state index in [9.17, 15) is 19.7 Å². The molecule has 0 saturated carbocycles. The molecule has 6 aromatic heterocycles. The molecule has 25 nitrogen and oxygen atoms in total. The summed E-state index contributed by atoms with van der Waals surface area (Å²) in [5, 5.41) is 40.5. The number of nitro benzene ring substituents is 1. The van der Waals surface area contributed by atoms with Gasteiger partial charge in [-0.1, -0.05) is 31.2 Å². The van der Waals surface area contributed by atoms with Crippen LogP contribution in [-0.2, 0) is 35.3 Å². The summed E-state index contributed by atoms with van der Waals surface area (Å²) in [6.07, 6.45) is 9.59. The molecule has 5 atom stereocenters. The molecule has 1 unspecified atom stereocenters. The molecule has 0 bridgehead atoms. The van der Waals surface area contributed by atoms with Crippen LogP contribution in [0.1, 0.15) is 64.3 Å². The van der Waals surface area contributed by atoms with Gasteiger partial charge in [0.15, 0.2) is 5.78 Å². The smallest absolute Gasteiger partial charge is 0.320 e. The number of carbonyl (C=O) groups is 2. The first-order chi connectivity index (χ1) is 59.6. The first-order valence-electron chi connectivity index (χ1n) is 39.1. The summed E-state index contributed by atoms with van der Waals surface area (Å²) in [6.45, 7) is 9.85. The highest BCUT2D eigenvalue weighted by molar-refractivity contribution is 7.76. The van der Waals surface area contributed by atoms with Crippen molar-refractivity contribution in [3.05, 3.63) is 214 Å². The van der Waals surface area contributed by atoms with Crippen molar-refractivity contribution in [2.75, 3.05) is 65.3 Å². The molecule has 0 saturated heterocycles. The van der Waals surface area contributed by atoms with Crippen LogP contribution in [0.4, 0.5) is 45.5 Å². The summed E-state index contributed by atoms with van der Waals surface area (Å²) < 4.78 is 1.79. The lowest BCUT2D eigenvalue weighted by molar-refractivity contribution is -0.865. The standard InChI is InChI=1S/C15H18N3O.C14H14ClN3.C14H17N3O.C14H15N3.C9H7N3O2.C9H9N3.C4H9NO2.CH4.B6.B5.B4.B3.B2.B/c1-10(16-2)14-9-12-11-5-4-8-18(19-3)15(11)7-6-13(12)17-14;1-8(16-2)13-7-10-9-3-6-14(15)18-11(9)4-5-12(10)17-13;1-9(16-2)13(18)8-10-5-6-12-11(14(10)15)4-3-7-17-12;1-9(15-2)14-8-11-10-4-3-7-16-12(10)5-6-13(11)17-14;10-9-6-2-1-5-11-7(6)3-4-8(9)12(13)14;10-7-3-4-8-6(9(7)11)2-1-5-12-8;1-3(5-2)4(6)7;;1-5(2)6(3)4;1-4-5(2)3;1-4(2)3;1-3-2;1-2;/h4-8,10,16H,9H2,1-3H3;3-6,8,16H,7H2,1-2H3;3-7,9,16H,8,15H2,1-2H3;3-7,9,15H,8H2,1-2H3;1-5H,10H2;1-5H,10-11H2;3,5H,1-2H3,(H,6,7);1H4;;;;;;/q+1;;;;;;;;;;;;;/t10-;8-;2*9-;;;;;;;;;;/m1111........../s1. The molecule has 613 valence electrons. The van der Waals surface area contributed by atoms with Gasteiger partial charge in [0.1, 0.15) is 24.0 Å². The molecule has 33 radical (unpaired) electrons. The van der Waals surface area contributed by atoms with Crippen LogP contribution in [0, 0.1) is 10.1 Å². The number of nitrogen functional groups attached to an aromatic ring is 4. The van der Waals surface area contributed by atoms with Gasteiger partial charge in [-0.3, -0.25) is 59.5 Å². The van der Waals surface area contributed by atoms with E-state index in [0.29, 0.717) is 57.7 Å². The number of ketones is 1. The van der Waals surface area contributed by atoms with Crippen molar-refractivity contribution in [1.82, 2.24) is 51.5 Å². The maximum Gasteiger partial charge on any atom is 0.320 e.